The van der Waals surface area contributed by atoms with Gasteiger partial charge >= 0.3 is 5.97 Å². The molecule has 1 rings (SSSR count). The number of carbonyl (C=O) groups is 1. The van der Waals surface area contributed by atoms with Crippen molar-refractivity contribution in [3.8, 4) is 0 Å². The van der Waals surface area contributed by atoms with Crippen LogP contribution in [0, 0.1) is 0 Å². The molecule has 0 unspecified atom stereocenters. The van der Waals surface area contributed by atoms with Crippen molar-refractivity contribution >= 4 is 22.3 Å². The van der Waals surface area contributed by atoms with E-state index in [1.807, 2.05) is 0 Å². The minimum Gasteiger partial charge on any atom is -0.296 e. The van der Waals surface area contributed by atoms with Gasteiger partial charge in [-0.2, -0.15) is 5.26 Å². The first-order valence-electron chi connectivity index (χ1n) is 4.75. The van der Waals surface area contributed by atoms with Gasteiger partial charge in [-0.15, -0.1) is 0 Å². The van der Waals surface area contributed by atoms with E-state index in [-0.39, 0.29) is 0 Å². The van der Waals surface area contributed by atoms with E-state index in [1.54, 1.807) is 30.3 Å². The molecule has 0 fully saturated rings. The molecular formula is C11H17AlO3. The minimum absolute atomic E-state index is 0.338. The highest BCUT2D eigenvalue weighted by molar-refractivity contribution is 6.14. The standard InChI is InChI=1S/C7H6O3.C4H9.Al.2H/c8-7(10-9)6-4-2-1-3-5-6;1-4(2)3;;;/h1-5,9H;1-3H3;;;. The van der Waals surface area contributed by atoms with E-state index in [0.29, 0.717) is 9.84 Å². The topological polar surface area (TPSA) is 46.5 Å². The van der Waals surface area contributed by atoms with Crippen molar-refractivity contribution < 1.29 is 14.9 Å². The maximum atomic E-state index is 10.5. The largest absolute Gasteiger partial charge is 0.372 e. The Hall–Kier alpha value is -0.818. The molecule has 3 nitrogen and oxygen atoms in total. The van der Waals surface area contributed by atoms with E-state index in [2.05, 4.69) is 25.7 Å². The zero-order valence-corrected chi connectivity index (χ0v) is 11.7. The first-order valence-corrected chi connectivity index (χ1v) is 5.75. The number of rotatable bonds is 1. The maximum absolute atomic E-state index is 10.5. The van der Waals surface area contributed by atoms with E-state index in [4.69, 9.17) is 5.26 Å². The summed E-state index contributed by atoms with van der Waals surface area (Å²) in [7, 11) is 0. The predicted molar refractivity (Wildman–Crippen MR) is 62.7 cm³/mol. The summed E-state index contributed by atoms with van der Waals surface area (Å²) in [6.07, 6.45) is 0. The highest BCUT2D eigenvalue weighted by Gasteiger charge is 2.02. The number of hydrogen-bond donors (Lipinski definition) is 1. The summed E-state index contributed by atoms with van der Waals surface area (Å²) in [4.78, 5) is 14.0. The van der Waals surface area contributed by atoms with Gasteiger partial charge < -0.3 is 0 Å². The molecule has 0 spiro atoms. The average molecular weight is 224 g/mol. The molecule has 82 valence electrons. The Morgan fingerprint density at radius 3 is 2.00 bits per heavy atom. The van der Waals surface area contributed by atoms with Crippen LogP contribution in [0.5, 0.6) is 0 Å². The number of benzene rings is 1. The van der Waals surface area contributed by atoms with E-state index in [1.165, 1.54) is 16.3 Å². The van der Waals surface area contributed by atoms with Gasteiger partial charge in [0.25, 0.3) is 0 Å². The fraction of sp³-hybridized carbons (Fsp3) is 0.364. The number of carbonyl (C=O) groups excluding carboxylic acids is 1. The van der Waals surface area contributed by atoms with Crippen LogP contribution in [0.2, 0.25) is 4.28 Å². The van der Waals surface area contributed by atoms with Crippen molar-refractivity contribution in [2.75, 3.05) is 0 Å². The second-order valence-electron chi connectivity index (χ2n) is 4.74. The van der Waals surface area contributed by atoms with Gasteiger partial charge in [0.1, 0.15) is 0 Å². The maximum Gasteiger partial charge on any atom is 0.372 e. The van der Waals surface area contributed by atoms with Crippen LogP contribution < -0.4 is 0 Å². The molecule has 1 aromatic rings. The summed E-state index contributed by atoms with van der Waals surface area (Å²) in [5.74, 6) is -0.736. The van der Waals surface area contributed by atoms with Crippen molar-refractivity contribution in [3.05, 3.63) is 35.9 Å². The van der Waals surface area contributed by atoms with Crippen molar-refractivity contribution in [3.63, 3.8) is 0 Å². The quantitative estimate of drug-likeness (QED) is 0.451. The lowest BCUT2D eigenvalue weighted by molar-refractivity contribution is -0.182. The third-order valence-electron chi connectivity index (χ3n) is 1.09. The van der Waals surface area contributed by atoms with Gasteiger partial charge in [-0.25, -0.2) is 4.79 Å². The van der Waals surface area contributed by atoms with Crippen LogP contribution in [0.4, 0.5) is 0 Å². The average Bonchev–Trinajstić information content (AvgIpc) is 2.15. The zero-order valence-electron chi connectivity index (χ0n) is 9.65. The Morgan fingerprint density at radius 1 is 1.27 bits per heavy atom. The molecular weight excluding hydrogens is 207 g/mol. The molecule has 0 radical (unpaired) electrons. The van der Waals surface area contributed by atoms with Gasteiger partial charge in [0.15, 0.2) is 0 Å². The van der Waals surface area contributed by atoms with Crippen LogP contribution in [0.1, 0.15) is 31.1 Å². The van der Waals surface area contributed by atoms with E-state index in [0.717, 1.165) is 0 Å². The SMILES string of the molecule is C[C](C)(C)[AlH2].O=C(OO)c1ccccc1. The van der Waals surface area contributed by atoms with Gasteiger partial charge in [-0.1, -0.05) is 43.2 Å². The zero-order chi connectivity index (χ0) is 11.9. The molecule has 0 heterocycles. The van der Waals surface area contributed by atoms with Gasteiger partial charge in [0.2, 0.25) is 16.3 Å². The Kier molecular flexibility index (Phi) is 6.27. The molecule has 1 aromatic carbocycles. The molecule has 0 aliphatic carbocycles. The lowest BCUT2D eigenvalue weighted by Gasteiger charge is -2.05. The van der Waals surface area contributed by atoms with E-state index in [9.17, 15) is 4.79 Å². The molecule has 0 amide bonds. The predicted octanol–water partition coefficient (Wildman–Crippen LogP) is 2.15. The highest BCUT2D eigenvalue weighted by atomic mass is 27.0. The molecule has 0 saturated heterocycles. The van der Waals surface area contributed by atoms with E-state index < -0.39 is 5.97 Å². The summed E-state index contributed by atoms with van der Waals surface area (Å²) in [6.45, 7) is 6.75. The molecule has 0 aromatic heterocycles. The fourth-order valence-corrected chi connectivity index (χ4v) is 0.627. The molecule has 0 bridgehead atoms. The summed E-state index contributed by atoms with van der Waals surface area (Å²) in [5.41, 5.74) is 0.338. The fourth-order valence-electron chi connectivity index (χ4n) is 0.627. The Bertz CT molecular complexity index is 284. The Balaban J connectivity index is 0.000000336. The lowest BCUT2D eigenvalue weighted by atomic mass is 10.2. The molecule has 0 saturated carbocycles. The van der Waals surface area contributed by atoms with Gasteiger partial charge in [-0.3, -0.25) is 4.89 Å². The highest BCUT2D eigenvalue weighted by Crippen LogP contribution is 2.13. The second-order valence-corrected chi connectivity index (χ2v) is 7.74. The van der Waals surface area contributed by atoms with Crippen LogP contribution in [0.3, 0.4) is 0 Å². The van der Waals surface area contributed by atoms with Crippen LogP contribution in [0.25, 0.3) is 0 Å². The lowest BCUT2D eigenvalue weighted by Crippen LogP contribution is -2.00. The summed E-state index contributed by atoms with van der Waals surface area (Å²) in [6, 6.07) is 8.25. The molecule has 4 heteroatoms. The third-order valence-corrected chi connectivity index (χ3v) is 1.09. The van der Waals surface area contributed by atoms with Gasteiger partial charge in [0.05, 0.1) is 5.56 Å². The van der Waals surface area contributed by atoms with Crippen molar-refractivity contribution in [1.82, 2.24) is 0 Å². The molecule has 0 aliphatic heterocycles. The summed E-state index contributed by atoms with van der Waals surface area (Å²) < 4.78 is 0.639. The molecule has 0 atom stereocenters. The van der Waals surface area contributed by atoms with Crippen LogP contribution in [-0.2, 0) is 4.89 Å². The van der Waals surface area contributed by atoms with Crippen LogP contribution in [0.15, 0.2) is 30.3 Å². The summed E-state index contributed by atoms with van der Waals surface area (Å²) in [5, 5.41) is 7.94. The molecule has 15 heavy (non-hydrogen) atoms. The van der Waals surface area contributed by atoms with E-state index >= 15 is 0 Å². The van der Waals surface area contributed by atoms with Crippen molar-refractivity contribution in [2.24, 2.45) is 0 Å². The normalized spacial score (nSPS) is 9.87. The third kappa shape index (κ3) is 9.49. The molecule has 1 N–H and O–H groups in total. The van der Waals surface area contributed by atoms with Gasteiger partial charge in [0, 0.05) is 0 Å². The minimum atomic E-state index is -0.736. The van der Waals surface area contributed by atoms with Gasteiger partial charge in [-0.05, 0) is 12.1 Å². The number of hydrogen-bond acceptors (Lipinski definition) is 3. The monoisotopic (exact) mass is 224 g/mol. The first kappa shape index (κ1) is 14.2. The summed E-state index contributed by atoms with van der Waals surface area (Å²) >= 11 is 1.31. The Morgan fingerprint density at radius 2 is 1.67 bits per heavy atom. The molecule has 0 aliphatic rings. The van der Waals surface area contributed by atoms with Crippen LogP contribution >= 0.6 is 0 Å². The smallest absolute Gasteiger partial charge is 0.296 e. The first-order chi connectivity index (χ1) is 6.84. The van der Waals surface area contributed by atoms with Crippen molar-refractivity contribution in [2.45, 2.75) is 25.0 Å². The van der Waals surface area contributed by atoms with Crippen molar-refractivity contribution in [1.29, 1.82) is 0 Å². The Labute approximate surface area is 98.4 Å². The second kappa shape index (κ2) is 6.63. The van der Waals surface area contributed by atoms with Crippen LogP contribution in [-0.4, -0.2) is 27.5 Å².